The second-order valence-electron chi connectivity index (χ2n) is 7.95. The van der Waals surface area contributed by atoms with Gasteiger partial charge in [0.25, 0.3) is 0 Å². The maximum atomic E-state index is 13.5. The Balaban J connectivity index is 1.54. The zero-order valence-corrected chi connectivity index (χ0v) is 19.5. The molecule has 5 nitrogen and oxygen atoms in total. The number of fused-ring (bicyclic) bond motifs is 1. The minimum absolute atomic E-state index is 0.0180. The van der Waals surface area contributed by atoms with E-state index in [4.69, 9.17) is 4.74 Å². The van der Waals surface area contributed by atoms with Crippen molar-refractivity contribution < 1.29 is 14.3 Å². The first-order valence-electron chi connectivity index (χ1n) is 11.1. The number of thiophene rings is 1. The molecule has 33 heavy (non-hydrogen) atoms. The van der Waals surface area contributed by atoms with Crippen LogP contribution >= 0.6 is 11.3 Å². The fraction of sp³-hybridized carbons (Fsp3) is 0.259. The van der Waals surface area contributed by atoms with Gasteiger partial charge in [0.05, 0.1) is 12.6 Å². The Morgan fingerprint density at radius 1 is 1.09 bits per heavy atom. The van der Waals surface area contributed by atoms with Crippen LogP contribution in [0.4, 0.5) is 0 Å². The van der Waals surface area contributed by atoms with Gasteiger partial charge >= 0.3 is 0 Å². The zero-order valence-electron chi connectivity index (χ0n) is 18.7. The van der Waals surface area contributed by atoms with Crippen molar-refractivity contribution in [2.75, 3.05) is 33.4 Å². The Morgan fingerprint density at radius 2 is 1.82 bits per heavy atom. The van der Waals surface area contributed by atoms with E-state index in [-0.39, 0.29) is 24.4 Å². The summed E-state index contributed by atoms with van der Waals surface area (Å²) >= 11 is 1.74. The lowest BCUT2D eigenvalue weighted by molar-refractivity contribution is -0.140. The SMILES string of the molecule is COCCN(CC(=O)N1CCc2sccc2C1c1ccccc1)C(=O)C=Cc1ccccc1. The molecule has 0 bridgehead atoms. The quantitative estimate of drug-likeness (QED) is 0.468. The van der Waals surface area contributed by atoms with Crippen molar-refractivity contribution in [3.05, 3.63) is 99.8 Å². The molecule has 1 atom stereocenters. The summed E-state index contributed by atoms with van der Waals surface area (Å²) in [7, 11) is 1.60. The van der Waals surface area contributed by atoms with Gasteiger partial charge in [-0.05, 0) is 40.6 Å². The number of nitrogens with zero attached hydrogens (tertiary/aromatic N) is 2. The first-order valence-corrected chi connectivity index (χ1v) is 12.0. The number of hydrogen-bond acceptors (Lipinski definition) is 4. The molecule has 0 radical (unpaired) electrons. The van der Waals surface area contributed by atoms with Crippen LogP contribution in [0.2, 0.25) is 0 Å². The summed E-state index contributed by atoms with van der Waals surface area (Å²) in [5, 5.41) is 2.09. The Bertz CT molecular complexity index is 1090. The molecule has 0 N–H and O–H groups in total. The topological polar surface area (TPSA) is 49.9 Å². The summed E-state index contributed by atoms with van der Waals surface area (Å²) in [5.74, 6) is -0.257. The summed E-state index contributed by atoms with van der Waals surface area (Å²) in [5.41, 5.74) is 3.21. The maximum absolute atomic E-state index is 13.5. The monoisotopic (exact) mass is 460 g/mol. The molecule has 1 aliphatic rings. The number of benzene rings is 2. The maximum Gasteiger partial charge on any atom is 0.247 e. The number of carbonyl (C=O) groups is 2. The number of ether oxygens (including phenoxy) is 1. The minimum Gasteiger partial charge on any atom is -0.383 e. The van der Waals surface area contributed by atoms with Gasteiger partial charge in [-0.2, -0.15) is 0 Å². The average Bonchev–Trinajstić information content (AvgIpc) is 3.34. The molecule has 0 fully saturated rings. The number of methoxy groups -OCH3 is 1. The lowest BCUT2D eigenvalue weighted by Crippen LogP contribution is -2.47. The van der Waals surface area contributed by atoms with Crippen molar-refractivity contribution in [3.8, 4) is 0 Å². The first kappa shape index (κ1) is 23.0. The molecule has 0 saturated heterocycles. The van der Waals surface area contributed by atoms with Crippen LogP contribution in [0.5, 0.6) is 0 Å². The molecule has 2 heterocycles. The van der Waals surface area contributed by atoms with E-state index in [0.717, 1.165) is 17.5 Å². The fourth-order valence-electron chi connectivity index (χ4n) is 4.14. The van der Waals surface area contributed by atoms with E-state index < -0.39 is 0 Å². The average molecular weight is 461 g/mol. The zero-order chi connectivity index (χ0) is 23.0. The molecule has 170 valence electrons. The van der Waals surface area contributed by atoms with Gasteiger partial charge in [-0.1, -0.05) is 60.7 Å². The van der Waals surface area contributed by atoms with E-state index in [1.54, 1.807) is 29.4 Å². The Labute approximate surface area is 198 Å². The third kappa shape index (κ3) is 5.59. The molecule has 4 rings (SSSR count). The highest BCUT2D eigenvalue weighted by Gasteiger charge is 2.33. The van der Waals surface area contributed by atoms with Crippen LogP contribution in [0.1, 0.15) is 27.6 Å². The van der Waals surface area contributed by atoms with E-state index in [0.29, 0.717) is 19.7 Å². The van der Waals surface area contributed by atoms with E-state index in [1.165, 1.54) is 16.5 Å². The lowest BCUT2D eigenvalue weighted by atomic mass is 9.93. The first-order chi connectivity index (χ1) is 16.2. The Hall–Kier alpha value is -3.22. The predicted molar refractivity (Wildman–Crippen MR) is 132 cm³/mol. The van der Waals surface area contributed by atoms with Crippen LogP contribution in [0.25, 0.3) is 6.08 Å². The van der Waals surface area contributed by atoms with Crippen molar-refractivity contribution >= 4 is 29.2 Å². The van der Waals surface area contributed by atoms with Gasteiger partial charge in [-0.25, -0.2) is 0 Å². The van der Waals surface area contributed by atoms with Crippen molar-refractivity contribution in [1.82, 2.24) is 9.80 Å². The molecular formula is C27H28N2O3S. The van der Waals surface area contributed by atoms with Crippen LogP contribution < -0.4 is 0 Å². The smallest absolute Gasteiger partial charge is 0.247 e. The molecule has 2 amide bonds. The van der Waals surface area contributed by atoms with E-state index >= 15 is 0 Å². The highest BCUT2D eigenvalue weighted by Crippen LogP contribution is 2.37. The van der Waals surface area contributed by atoms with Crippen molar-refractivity contribution in [3.63, 3.8) is 0 Å². The van der Waals surface area contributed by atoms with E-state index in [9.17, 15) is 9.59 Å². The van der Waals surface area contributed by atoms with E-state index in [1.807, 2.05) is 53.4 Å². The number of hydrogen-bond donors (Lipinski definition) is 0. The van der Waals surface area contributed by atoms with Gasteiger partial charge in [-0.3, -0.25) is 9.59 Å². The molecule has 0 saturated carbocycles. The molecule has 3 aromatic rings. The van der Waals surface area contributed by atoms with Gasteiger partial charge in [0.1, 0.15) is 6.54 Å². The number of amides is 2. The standard InChI is InChI=1S/C27H28N2O3S/c1-32-18-17-28(25(30)13-12-21-8-4-2-5-9-21)20-26(31)29-16-14-24-23(15-19-33-24)27(29)22-10-6-3-7-11-22/h2-13,15,19,27H,14,16-18,20H2,1H3. The highest BCUT2D eigenvalue weighted by molar-refractivity contribution is 7.10. The van der Waals surface area contributed by atoms with Crippen molar-refractivity contribution in [1.29, 1.82) is 0 Å². The van der Waals surface area contributed by atoms with Crippen LogP contribution in [0, 0.1) is 0 Å². The summed E-state index contributed by atoms with van der Waals surface area (Å²) in [6, 6.07) is 21.8. The minimum atomic E-state index is -0.200. The molecule has 0 spiro atoms. The molecule has 1 aliphatic heterocycles. The van der Waals surface area contributed by atoms with Crippen LogP contribution in [-0.4, -0.2) is 55.0 Å². The van der Waals surface area contributed by atoms with Crippen LogP contribution in [0.15, 0.2) is 78.2 Å². The van der Waals surface area contributed by atoms with Gasteiger partial charge in [0.2, 0.25) is 11.8 Å². The molecular weight excluding hydrogens is 432 g/mol. The number of rotatable bonds is 8. The molecule has 1 aromatic heterocycles. The number of carbonyl (C=O) groups excluding carboxylic acids is 2. The molecule has 1 unspecified atom stereocenters. The third-order valence-corrected chi connectivity index (χ3v) is 6.82. The second-order valence-corrected chi connectivity index (χ2v) is 8.95. The molecule has 6 heteroatoms. The lowest BCUT2D eigenvalue weighted by Gasteiger charge is -2.37. The summed E-state index contributed by atoms with van der Waals surface area (Å²) in [6.07, 6.45) is 4.14. The molecule has 0 aliphatic carbocycles. The third-order valence-electron chi connectivity index (χ3n) is 5.82. The van der Waals surface area contributed by atoms with Gasteiger partial charge < -0.3 is 14.5 Å². The predicted octanol–water partition coefficient (Wildman–Crippen LogP) is 4.41. The van der Waals surface area contributed by atoms with Gasteiger partial charge in [0.15, 0.2) is 0 Å². The molecule has 2 aromatic carbocycles. The van der Waals surface area contributed by atoms with E-state index in [2.05, 4.69) is 23.6 Å². The van der Waals surface area contributed by atoms with Crippen LogP contribution in [0.3, 0.4) is 0 Å². The van der Waals surface area contributed by atoms with Gasteiger partial charge in [-0.15, -0.1) is 11.3 Å². The highest BCUT2D eigenvalue weighted by atomic mass is 32.1. The van der Waals surface area contributed by atoms with Crippen molar-refractivity contribution in [2.45, 2.75) is 12.5 Å². The summed E-state index contributed by atoms with van der Waals surface area (Å²) < 4.78 is 5.20. The second kappa shape index (κ2) is 11.1. The largest absolute Gasteiger partial charge is 0.383 e. The fourth-order valence-corrected chi connectivity index (χ4v) is 5.04. The normalized spacial score (nSPS) is 15.4. The Morgan fingerprint density at radius 3 is 2.55 bits per heavy atom. The van der Waals surface area contributed by atoms with Crippen LogP contribution in [-0.2, 0) is 20.7 Å². The Kier molecular flexibility index (Phi) is 7.70. The summed E-state index contributed by atoms with van der Waals surface area (Å²) in [4.78, 5) is 31.3. The van der Waals surface area contributed by atoms with Gasteiger partial charge in [0, 0.05) is 31.2 Å². The van der Waals surface area contributed by atoms with Crippen molar-refractivity contribution in [2.24, 2.45) is 0 Å². The summed E-state index contributed by atoms with van der Waals surface area (Å²) in [6.45, 7) is 1.38.